The molecule has 7 nitrogen and oxygen atoms in total. The van der Waals surface area contributed by atoms with Crippen LogP contribution in [0.25, 0.3) is 11.3 Å². The lowest BCUT2D eigenvalue weighted by Gasteiger charge is -2.12. The Labute approximate surface area is 174 Å². The molecule has 0 N–H and O–H groups in total. The van der Waals surface area contributed by atoms with Crippen LogP contribution in [0.5, 0.6) is 0 Å². The summed E-state index contributed by atoms with van der Waals surface area (Å²) >= 11 is 12.0. The molecule has 0 spiro atoms. The molecule has 146 valence electrons. The molecular weight excluding hydrogens is 419 g/mol. The first-order valence-corrected chi connectivity index (χ1v) is 9.28. The fourth-order valence-corrected chi connectivity index (χ4v) is 3.35. The van der Waals surface area contributed by atoms with Gasteiger partial charge in [-0.05, 0) is 30.3 Å². The van der Waals surface area contributed by atoms with Crippen LogP contribution in [0, 0.1) is 0 Å². The fraction of sp³-hybridized carbons (Fsp3) is 0.100. The van der Waals surface area contributed by atoms with Gasteiger partial charge in [0.1, 0.15) is 0 Å². The van der Waals surface area contributed by atoms with Crippen molar-refractivity contribution in [1.29, 1.82) is 0 Å². The van der Waals surface area contributed by atoms with Crippen LogP contribution < -0.4 is 0 Å². The molecule has 4 rings (SSSR count). The van der Waals surface area contributed by atoms with Gasteiger partial charge in [-0.1, -0.05) is 40.4 Å². The molecule has 0 saturated heterocycles. The molecule has 1 aromatic heterocycles. The molecule has 9 heteroatoms. The van der Waals surface area contributed by atoms with E-state index in [1.165, 1.54) is 18.3 Å². The summed E-state index contributed by atoms with van der Waals surface area (Å²) in [7, 11) is 0. The largest absolute Gasteiger partial charge is 0.441 e. The molecule has 1 aliphatic heterocycles. The second-order valence-corrected chi connectivity index (χ2v) is 7.00. The third-order valence-electron chi connectivity index (χ3n) is 4.24. The molecule has 0 fully saturated rings. The van der Waals surface area contributed by atoms with Gasteiger partial charge in [-0.15, -0.1) is 0 Å². The van der Waals surface area contributed by atoms with Gasteiger partial charge in [-0.3, -0.25) is 9.59 Å². The summed E-state index contributed by atoms with van der Waals surface area (Å²) in [6, 6.07) is 11.2. The van der Waals surface area contributed by atoms with Crippen molar-refractivity contribution in [1.82, 2.24) is 10.0 Å². The van der Waals surface area contributed by atoms with E-state index in [-0.39, 0.29) is 29.9 Å². The van der Waals surface area contributed by atoms with Crippen molar-refractivity contribution in [2.75, 3.05) is 0 Å². The van der Waals surface area contributed by atoms with E-state index >= 15 is 0 Å². The van der Waals surface area contributed by atoms with Gasteiger partial charge >= 0.3 is 5.97 Å². The zero-order chi connectivity index (χ0) is 20.5. The second kappa shape index (κ2) is 7.69. The SMILES string of the molecule is O=C(CCc1ncc(-c2ccc(Cl)cc2Cl)o1)ON1C(=O)c2ccccc2C1=O. The number of nitrogens with zero attached hydrogens (tertiary/aromatic N) is 2. The number of hydrogen-bond acceptors (Lipinski definition) is 6. The van der Waals surface area contributed by atoms with E-state index in [2.05, 4.69) is 4.98 Å². The van der Waals surface area contributed by atoms with Crippen molar-refractivity contribution in [3.05, 3.63) is 75.7 Å². The second-order valence-electron chi connectivity index (χ2n) is 6.16. The third kappa shape index (κ3) is 3.74. The topological polar surface area (TPSA) is 89.7 Å². The molecule has 1 aliphatic rings. The van der Waals surface area contributed by atoms with Crippen LogP contribution >= 0.6 is 23.2 Å². The standard InChI is InChI=1S/C20H12Cl2N2O5/c21-11-5-6-14(15(22)9-11)16-10-23-17(28-16)7-8-18(25)29-24-19(26)12-3-1-2-4-13(12)20(24)27/h1-6,9-10H,7-8H2. The number of rotatable bonds is 5. The smallest absolute Gasteiger partial charge is 0.333 e. The number of imide groups is 1. The number of halogens is 2. The Hall–Kier alpha value is -3.16. The number of hydroxylamine groups is 2. The predicted molar refractivity (Wildman–Crippen MR) is 103 cm³/mol. The van der Waals surface area contributed by atoms with Crippen molar-refractivity contribution in [3.63, 3.8) is 0 Å². The average molecular weight is 431 g/mol. The third-order valence-corrected chi connectivity index (χ3v) is 4.79. The van der Waals surface area contributed by atoms with Crippen LogP contribution in [0.1, 0.15) is 33.0 Å². The first-order chi connectivity index (χ1) is 13.9. The maximum Gasteiger partial charge on any atom is 0.333 e. The molecule has 0 saturated carbocycles. The van der Waals surface area contributed by atoms with Gasteiger partial charge in [0.15, 0.2) is 11.7 Å². The molecule has 0 unspecified atom stereocenters. The van der Waals surface area contributed by atoms with Crippen molar-refractivity contribution in [2.45, 2.75) is 12.8 Å². The molecule has 2 heterocycles. The molecule has 3 aromatic rings. The zero-order valence-corrected chi connectivity index (χ0v) is 16.2. The average Bonchev–Trinajstić information content (AvgIpc) is 3.26. The lowest BCUT2D eigenvalue weighted by molar-refractivity contribution is -0.168. The molecule has 0 aliphatic carbocycles. The van der Waals surface area contributed by atoms with Gasteiger partial charge in [0.2, 0.25) is 0 Å². The van der Waals surface area contributed by atoms with Crippen molar-refractivity contribution in [2.24, 2.45) is 0 Å². The first kappa shape index (κ1) is 19.2. The van der Waals surface area contributed by atoms with E-state index in [1.807, 2.05) is 0 Å². The molecule has 2 aromatic carbocycles. The maximum absolute atomic E-state index is 12.2. The number of oxazole rings is 1. The van der Waals surface area contributed by atoms with E-state index in [4.69, 9.17) is 32.5 Å². The number of benzene rings is 2. The number of fused-ring (bicyclic) bond motifs is 1. The van der Waals surface area contributed by atoms with Gasteiger partial charge in [0.05, 0.1) is 28.8 Å². The Kier molecular flexibility index (Phi) is 5.08. The van der Waals surface area contributed by atoms with Crippen LogP contribution in [0.3, 0.4) is 0 Å². The van der Waals surface area contributed by atoms with Crippen LogP contribution in [0.15, 0.2) is 53.1 Å². The van der Waals surface area contributed by atoms with Crippen molar-refractivity contribution in [3.8, 4) is 11.3 Å². The van der Waals surface area contributed by atoms with E-state index in [1.54, 1.807) is 30.3 Å². The lowest BCUT2D eigenvalue weighted by atomic mass is 10.1. The number of amides is 2. The van der Waals surface area contributed by atoms with Gasteiger partial charge in [0.25, 0.3) is 11.8 Å². The molecule has 0 atom stereocenters. The quantitative estimate of drug-likeness (QED) is 0.559. The van der Waals surface area contributed by atoms with Crippen molar-refractivity contribution >= 4 is 41.0 Å². The van der Waals surface area contributed by atoms with Gasteiger partial charge in [0, 0.05) is 17.0 Å². The Morgan fingerprint density at radius 2 is 1.72 bits per heavy atom. The summed E-state index contributed by atoms with van der Waals surface area (Å²) in [5, 5.41) is 1.38. The van der Waals surface area contributed by atoms with E-state index in [0.29, 0.717) is 26.4 Å². The van der Waals surface area contributed by atoms with E-state index < -0.39 is 17.8 Å². The summed E-state index contributed by atoms with van der Waals surface area (Å²) in [5.74, 6) is -1.39. The van der Waals surface area contributed by atoms with Crippen LogP contribution in [-0.2, 0) is 16.1 Å². The summed E-state index contributed by atoms with van der Waals surface area (Å²) in [6.07, 6.45) is 1.47. The van der Waals surface area contributed by atoms with E-state index in [9.17, 15) is 14.4 Å². The Bertz CT molecular complexity index is 1110. The van der Waals surface area contributed by atoms with Crippen LogP contribution in [-0.4, -0.2) is 27.8 Å². The Morgan fingerprint density at radius 3 is 2.38 bits per heavy atom. The maximum atomic E-state index is 12.2. The van der Waals surface area contributed by atoms with Gasteiger partial charge < -0.3 is 9.25 Å². The number of hydrogen-bond donors (Lipinski definition) is 0. The molecule has 29 heavy (non-hydrogen) atoms. The molecule has 2 amide bonds. The number of carbonyl (C=O) groups is 3. The highest BCUT2D eigenvalue weighted by atomic mass is 35.5. The normalized spacial score (nSPS) is 13.0. The summed E-state index contributed by atoms with van der Waals surface area (Å²) in [5.41, 5.74) is 1.01. The molecule has 0 bridgehead atoms. The van der Waals surface area contributed by atoms with Crippen molar-refractivity contribution < 1.29 is 23.6 Å². The Morgan fingerprint density at radius 1 is 1.03 bits per heavy atom. The number of carbonyl (C=O) groups excluding carboxylic acids is 3. The first-order valence-electron chi connectivity index (χ1n) is 8.53. The van der Waals surface area contributed by atoms with Gasteiger partial charge in [-0.2, -0.15) is 0 Å². The van der Waals surface area contributed by atoms with Gasteiger partial charge in [-0.25, -0.2) is 9.78 Å². The Balaban J connectivity index is 1.38. The predicted octanol–water partition coefficient (Wildman–Crippen LogP) is 4.34. The highest BCUT2D eigenvalue weighted by molar-refractivity contribution is 6.36. The summed E-state index contributed by atoms with van der Waals surface area (Å²) in [4.78, 5) is 45.6. The van der Waals surface area contributed by atoms with Crippen LogP contribution in [0.4, 0.5) is 0 Å². The molecule has 0 radical (unpaired) electrons. The highest BCUT2D eigenvalue weighted by Crippen LogP contribution is 2.31. The highest BCUT2D eigenvalue weighted by Gasteiger charge is 2.38. The lowest BCUT2D eigenvalue weighted by Crippen LogP contribution is -2.32. The summed E-state index contributed by atoms with van der Waals surface area (Å²) < 4.78 is 5.61. The zero-order valence-electron chi connectivity index (χ0n) is 14.7. The fourth-order valence-electron chi connectivity index (χ4n) is 2.85. The monoisotopic (exact) mass is 430 g/mol. The number of aryl methyl sites for hydroxylation is 1. The van der Waals surface area contributed by atoms with E-state index in [0.717, 1.165) is 0 Å². The number of aromatic nitrogens is 1. The molecular formula is C20H12Cl2N2O5. The van der Waals surface area contributed by atoms with Crippen LogP contribution in [0.2, 0.25) is 10.0 Å². The minimum Gasteiger partial charge on any atom is -0.441 e. The minimum atomic E-state index is -0.760. The minimum absolute atomic E-state index is 0.118. The summed E-state index contributed by atoms with van der Waals surface area (Å²) in [6.45, 7) is 0.